The van der Waals surface area contributed by atoms with Gasteiger partial charge in [-0.05, 0) is 37.7 Å². The van der Waals surface area contributed by atoms with E-state index < -0.39 is 0 Å². The van der Waals surface area contributed by atoms with Crippen LogP contribution in [0.1, 0.15) is 25.7 Å². The number of primary amides is 1. The molecule has 1 aromatic heterocycles. The highest BCUT2D eigenvalue weighted by molar-refractivity contribution is 6.05. The van der Waals surface area contributed by atoms with E-state index in [4.69, 9.17) is 10.5 Å². The van der Waals surface area contributed by atoms with Crippen molar-refractivity contribution >= 4 is 34.0 Å². The van der Waals surface area contributed by atoms with Crippen LogP contribution in [0, 0.1) is 5.92 Å². The standard InChI is InChI=1S/C20H27N5O3/c21-19(27)17(11-3-4-11)23-12-8-14-16-15(9-12)28-7-5-22-18(16)20(24-14)25-6-1-2-13(26)10-25/h8-9,11,13,17,22-24,26H,1-7,10H2,(H2,21,27)/t13?,17-/m0/s1. The van der Waals surface area contributed by atoms with E-state index in [1.54, 1.807) is 0 Å². The largest absolute Gasteiger partial charge is 0.491 e. The van der Waals surface area contributed by atoms with Gasteiger partial charge in [0.2, 0.25) is 5.91 Å². The molecule has 1 saturated carbocycles. The van der Waals surface area contributed by atoms with Crippen LogP contribution in [-0.2, 0) is 4.79 Å². The fourth-order valence-electron chi connectivity index (χ4n) is 4.41. The fraction of sp³-hybridized carbons (Fsp3) is 0.550. The lowest BCUT2D eigenvalue weighted by molar-refractivity contribution is -0.119. The zero-order valence-electron chi connectivity index (χ0n) is 15.8. The molecule has 1 unspecified atom stereocenters. The minimum Gasteiger partial charge on any atom is -0.491 e. The summed E-state index contributed by atoms with van der Waals surface area (Å²) in [5.74, 6) is 1.79. The van der Waals surface area contributed by atoms with Gasteiger partial charge in [0.25, 0.3) is 0 Å². The molecule has 2 atom stereocenters. The quantitative estimate of drug-likeness (QED) is 0.534. The number of aromatic amines is 1. The summed E-state index contributed by atoms with van der Waals surface area (Å²) >= 11 is 0. The number of carbonyl (C=O) groups is 1. The molecule has 2 aliphatic heterocycles. The number of piperidine rings is 1. The fourth-order valence-corrected chi connectivity index (χ4v) is 4.41. The summed E-state index contributed by atoms with van der Waals surface area (Å²) in [6.07, 6.45) is 3.57. The van der Waals surface area contributed by atoms with Gasteiger partial charge in [0.1, 0.15) is 24.2 Å². The molecule has 1 amide bonds. The van der Waals surface area contributed by atoms with E-state index in [-0.39, 0.29) is 18.1 Å². The van der Waals surface area contributed by atoms with Gasteiger partial charge in [0, 0.05) is 31.4 Å². The first-order valence-electron chi connectivity index (χ1n) is 10.2. The maximum Gasteiger partial charge on any atom is 0.240 e. The van der Waals surface area contributed by atoms with Crippen molar-refractivity contribution in [2.45, 2.75) is 37.8 Å². The van der Waals surface area contributed by atoms with Crippen molar-refractivity contribution in [1.82, 2.24) is 4.98 Å². The lowest BCUT2D eigenvalue weighted by Gasteiger charge is -2.31. The second-order valence-corrected chi connectivity index (χ2v) is 8.12. The monoisotopic (exact) mass is 385 g/mol. The number of ether oxygens (including phenoxy) is 1. The van der Waals surface area contributed by atoms with Crippen molar-refractivity contribution in [3.05, 3.63) is 12.1 Å². The number of anilines is 3. The second-order valence-electron chi connectivity index (χ2n) is 8.12. The maximum atomic E-state index is 11.8. The van der Waals surface area contributed by atoms with E-state index in [1.807, 2.05) is 12.1 Å². The first-order chi connectivity index (χ1) is 13.6. The zero-order chi connectivity index (χ0) is 19.3. The smallest absolute Gasteiger partial charge is 0.240 e. The number of benzene rings is 1. The molecule has 3 aliphatic rings. The van der Waals surface area contributed by atoms with Gasteiger partial charge in [0.05, 0.1) is 22.7 Å². The average molecular weight is 385 g/mol. The Morgan fingerprint density at radius 1 is 1.36 bits per heavy atom. The summed E-state index contributed by atoms with van der Waals surface area (Å²) in [4.78, 5) is 17.6. The molecule has 0 radical (unpaired) electrons. The van der Waals surface area contributed by atoms with Crippen LogP contribution in [0.25, 0.3) is 10.9 Å². The normalized spacial score (nSPS) is 22.9. The molecule has 0 spiro atoms. The van der Waals surface area contributed by atoms with Crippen molar-refractivity contribution in [3.8, 4) is 5.75 Å². The van der Waals surface area contributed by atoms with Crippen LogP contribution in [0.4, 0.5) is 17.2 Å². The van der Waals surface area contributed by atoms with Crippen LogP contribution in [0.15, 0.2) is 12.1 Å². The van der Waals surface area contributed by atoms with Crippen LogP contribution < -0.4 is 26.0 Å². The van der Waals surface area contributed by atoms with Crippen molar-refractivity contribution in [2.75, 3.05) is 41.8 Å². The summed E-state index contributed by atoms with van der Waals surface area (Å²) in [6, 6.07) is 3.63. The summed E-state index contributed by atoms with van der Waals surface area (Å²) in [6.45, 7) is 2.80. The van der Waals surface area contributed by atoms with E-state index in [9.17, 15) is 9.90 Å². The molecule has 1 saturated heterocycles. The molecule has 8 nitrogen and oxygen atoms in total. The molecule has 0 bridgehead atoms. The van der Waals surface area contributed by atoms with Gasteiger partial charge >= 0.3 is 0 Å². The second kappa shape index (κ2) is 6.77. The predicted octanol–water partition coefficient (Wildman–Crippen LogP) is 1.61. The highest BCUT2D eigenvalue weighted by Crippen LogP contribution is 2.44. The molecular weight excluding hydrogens is 358 g/mol. The third-order valence-corrected chi connectivity index (χ3v) is 5.94. The number of hydrogen-bond donors (Lipinski definition) is 5. The number of amides is 1. The highest BCUT2D eigenvalue weighted by atomic mass is 16.5. The van der Waals surface area contributed by atoms with Crippen LogP contribution >= 0.6 is 0 Å². The van der Waals surface area contributed by atoms with Gasteiger partial charge in [-0.1, -0.05) is 0 Å². The van der Waals surface area contributed by atoms with Crippen molar-refractivity contribution in [3.63, 3.8) is 0 Å². The van der Waals surface area contributed by atoms with Crippen molar-refractivity contribution in [2.24, 2.45) is 11.7 Å². The number of nitrogens with one attached hydrogen (secondary N) is 3. The van der Waals surface area contributed by atoms with Crippen LogP contribution in [0.2, 0.25) is 0 Å². The Labute approximate surface area is 163 Å². The Hall–Kier alpha value is -2.61. The van der Waals surface area contributed by atoms with Crippen LogP contribution in [0.3, 0.4) is 0 Å². The van der Waals surface area contributed by atoms with Crippen LogP contribution in [0.5, 0.6) is 5.75 Å². The zero-order valence-corrected chi connectivity index (χ0v) is 15.8. The van der Waals surface area contributed by atoms with E-state index in [0.29, 0.717) is 25.6 Å². The number of carbonyl (C=O) groups excluding carboxylic acids is 1. The first-order valence-corrected chi connectivity index (χ1v) is 10.2. The maximum absolute atomic E-state index is 11.8. The number of hydrogen-bond acceptors (Lipinski definition) is 6. The summed E-state index contributed by atoms with van der Waals surface area (Å²) in [5, 5.41) is 17.9. The number of H-pyrrole nitrogens is 1. The minimum atomic E-state index is -0.348. The molecule has 6 N–H and O–H groups in total. The predicted molar refractivity (Wildman–Crippen MR) is 109 cm³/mol. The van der Waals surface area contributed by atoms with Gasteiger partial charge in [0.15, 0.2) is 0 Å². The summed E-state index contributed by atoms with van der Waals surface area (Å²) in [5.41, 5.74) is 8.40. The van der Waals surface area contributed by atoms with E-state index >= 15 is 0 Å². The Bertz CT molecular complexity index is 907. The lowest BCUT2D eigenvalue weighted by atomic mass is 10.1. The Kier molecular flexibility index (Phi) is 4.23. The molecule has 1 aliphatic carbocycles. The lowest BCUT2D eigenvalue weighted by Crippen LogP contribution is -2.38. The Morgan fingerprint density at radius 2 is 2.21 bits per heavy atom. The van der Waals surface area contributed by atoms with Crippen LogP contribution in [-0.4, -0.2) is 54.4 Å². The number of aliphatic hydroxyl groups is 1. The number of β-amino-alcohol motifs (C(OH)–C–C–N with tert-alkyl or cyclic N) is 1. The summed E-state index contributed by atoms with van der Waals surface area (Å²) in [7, 11) is 0. The average Bonchev–Trinajstić information content (AvgIpc) is 3.46. The van der Waals surface area contributed by atoms with E-state index in [1.165, 1.54) is 0 Å². The van der Waals surface area contributed by atoms with Gasteiger partial charge in [-0.25, -0.2) is 0 Å². The van der Waals surface area contributed by atoms with Gasteiger partial charge in [-0.2, -0.15) is 0 Å². The molecule has 2 aromatic rings. The van der Waals surface area contributed by atoms with E-state index in [2.05, 4.69) is 20.5 Å². The van der Waals surface area contributed by atoms with Gasteiger partial charge < -0.3 is 36.1 Å². The number of aromatic nitrogens is 1. The first kappa shape index (κ1) is 17.5. The molecule has 150 valence electrons. The van der Waals surface area contributed by atoms with Crippen molar-refractivity contribution < 1.29 is 14.6 Å². The molecule has 8 heteroatoms. The number of aliphatic hydroxyl groups excluding tert-OH is 1. The molecule has 3 heterocycles. The van der Waals surface area contributed by atoms with Gasteiger partial charge in [-0.15, -0.1) is 0 Å². The third-order valence-electron chi connectivity index (χ3n) is 5.94. The number of nitrogens with zero attached hydrogens (tertiary/aromatic N) is 1. The number of rotatable bonds is 5. The Balaban J connectivity index is 1.54. The SMILES string of the molecule is NC(=O)[C@@H](Nc1cc2c3c(c(N4CCCC(O)C4)[nH]c3c1)NCCO2)C1CC1. The molecule has 5 rings (SSSR count). The molecular formula is C20H27N5O3. The van der Waals surface area contributed by atoms with Gasteiger partial charge in [-0.3, -0.25) is 4.79 Å². The summed E-state index contributed by atoms with van der Waals surface area (Å²) < 4.78 is 5.99. The topological polar surface area (TPSA) is 116 Å². The molecule has 1 aromatic carbocycles. The van der Waals surface area contributed by atoms with E-state index in [0.717, 1.165) is 66.1 Å². The third kappa shape index (κ3) is 3.11. The number of nitrogens with two attached hydrogens (primary N) is 1. The molecule has 2 fully saturated rings. The molecule has 28 heavy (non-hydrogen) atoms. The minimum absolute atomic E-state index is 0.305. The highest BCUT2D eigenvalue weighted by Gasteiger charge is 2.35. The Morgan fingerprint density at radius 3 is 2.96 bits per heavy atom. The van der Waals surface area contributed by atoms with Crippen molar-refractivity contribution in [1.29, 1.82) is 0 Å².